The SMILES string of the molecule is OCc1c(Cl)n[nH]c1C1CCOCC1. The van der Waals surface area contributed by atoms with Gasteiger partial charge in [-0.05, 0) is 12.8 Å². The Balaban J connectivity index is 2.21. The molecule has 0 aromatic carbocycles. The number of aliphatic hydroxyl groups is 1. The minimum atomic E-state index is -0.0535. The molecule has 2 N–H and O–H groups in total. The van der Waals surface area contributed by atoms with Crippen molar-refractivity contribution in [3.8, 4) is 0 Å². The molecule has 5 heteroatoms. The molecule has 2 rings (SSSR count). The lowest BCUT2D eigenvalue weighted by Crippen LogP contribution is -2.15. The van der Waals surface area contributed by atoms with Crippen LogP contribution in [0.1, 0.15) is 30.0 Å². The lowest BCUT2D eigenvalue weighted by Gasteiger charge is -2.21. The molecule has 0 unspecified atom stereocenters. The summed E-state index contributed by atoms with van der Waals surface area (Å²) in [7, 11) is 0. The van der Waals surface area contributed by atoms with Gasteiger partial charge >= 0.3 is 0 Å². The number of rotatable bonds is 2. The van der Waals surface area contributed by atoms with Crippen LogP contribution in [0.25, 0.3) is 0 Å². The fraction of sp³-hybridized carbons (Fsp3) is 0.667. The van der Waals surface area contributed by atoms with E-state index in [0.717, 1.165) is 37.3 Å². The molecule has 1 fully saturated rings. The maximum absolute atomic E-state index is 9.14. The summed E-state index contributed by atoms with van der Waals surface area (Å²) in [5.74, 6) is 0.394. The zero-order valence-corrected chi connectivity index (χ0v) is 8.55. The van der Waals surface area contributed by atoms with Gasteiger partial charge in [-0.2, -0.15) is 5.10 Å². The van der Waals surface area contributed by atoms with Crippen molar-refractivity contribution in [2.45, 2.75) is 25.4 Å². The number of nitrogens with one attached hydrogen (secondary N) is 1. The number of aliphatic hydroxyl groups excluding tert-OH is 1. The number of hydrogen-bond acceptors (Lipinski definition) is 3. The van der Waals surface area contributed by atoms with Crippen LogP contribution in [-0.4, -0.2) is 28.5 Å². The van der Waals surface area contributed by atoms with Crippen LogP contribution in [0.4, 0.5) is 0 Å². The third kappa shape index (κ3) is 1.78. The standard InChI is InChI=1S/C9H13ClN2O2/c10-9-7(5-13)8(11-12-9)6-1-3-14-4-2-6/h6,13H,1-5H2,(H,11,12). The second kappa shape index (κ2) is 4.29. The van der Waals surface area contributed by atoms with Crippen LogP contribution in [-0.2, 0) is 11.3 Å². The summed E-state index contributed by atoms with van der Waals surface area (Å²) in [6.07, 6.45) is 1.93. The molecule has 1 aromatic heterocycles. The first-order valence-corrected chi connectivity index (χ1v) is 5.12. The first-order chi connectivity index (χ1) is 6.83. The van der Waals surface area contributed by atoms with Crippen LogP contribution in [0.15, 0.2) is 0 Å². The predicted molar refractivity (Wildman–Crippen MR) is 52.3 cm³/mol. The van der Waals surface area contributed by atoms with E-state index in [9.17, 15) is 0 Å². The lowest BCUT2D eigenvalue weighted by atomic mass is 9.94. The molecule has 0 radical (unpaired) electrons. The van der Waals surface area contributed by atoms with E-state index in [-0.39, 0.29) is 6.61 Å². The molecule has 1 aliphatic rings. The molecule has 0 spiro atoms. The number of nitrogens with zero attached hydrogens (tertiary/aromatic N) is 1. The monoisotopic (exact) mass is 216 g/mol. The Labute approximate surface area is 87.2 Å². The highest BCUT2D eigenvalue weighted by molar-refractivity contribution is 6.30. The van der Waals surface area contributed by atoms with E-state index in [1.54, 1.807) is 0 Å². The third-order valence-corrected chi connectivity index (χ3v) is 2.95. The molecule has 78 valence electrons. The Bertz CT molecular complexity index is 308. The van der Waals surface area contributed by atoms with Gasteiger partial charge in [0.2, 0.25) is 0 Å². The van der Waals surface area contributed by atoms with Gasteiger partial charge in [0.15, 0.2) is 5.15 Å². The highest BCUT2D eigenvalue weighted by Crippen LogP contribution is 2.30. The van der Waals surface area contributed by atoms with Crippen molar-refractivity contribution in [2.75, 3.05) is 13.2 Å². The van der Waals surface area contributed by atoms with Gasteiger partial charge in [-0.15, -0.1) is 0 Å². The van der Waals surface area contributed by atoms with Gasteiger partial charge in [0, 0.05) is 30.4 Å². The average Bonchev–Trinajstić information content (AvgIpc) is 2.61. The summed E-state index contributed by atoms with van der Waals surface area (Å²) < 4.78 is 5.27. The molecule has 0 saturated carbocycles. The van der Waals surface area contributed by atoms with E-state index < -0.39 is 0 Å². The zero-order valence-electron chi connectivity index (χ0n) is 7.79. The van der Waals surface area contributed by atoms with E-state index in [0.29, 0.717) is 11.1 Å². The van der Waals surface area contributed by atoms with Crippen LogP contribution in [0.5, 0.6) is 0 Å². The van der Waals surface area contributed by atoms with Gasteiger partial charge < -0.3 is 9.84 Å². The minimum Gasteiger partial charge on any atom is -0.391 e. The van der Waals surface area contributed by atoms with E-state index in [1.807, 2.05) is 0 Å². The summed E-state index contributed by atoms with van der Waals surface area (Å²) in [5, 5.41) is 16.3. The first-order valence-electron chi connectivity index (χ1n) is 4.74. The summed E-state index contributed by atoms with van der Waals surface area (Å²) in [6.45, 7) is 1.49. The Morgan fingerprint density at radius 2 is 2.21 bits per heavy atom. The fourth-order valence-electron chi connectivity index (χ4n) is 1.83. The summed E-state index contributed by atoms with van der Waals surface area (Å²) in [6, 6.07) is 0. The van der Waals surface area contributed by atoms with Crippen molar-refractivity contribution in [3.05, 3.63) is 16.4 Å². The van der Waals surface area contributed by atoms with Crippen LogP contribution in [0.3, 0.4) is 0 Å². The third-order valence-electron chi connectivity index (χ3n) is 2.64. The molecular formula is C9H13ClN2O2. The molecule has 1 saturated heterocycles. The predicted octanol–water partition coefficient (Wildman–Crippen LogP) is 1.45. The van der Waals surface area contributed by atoms with Gasteiger partial charge in [0.1, 0.15) is 0 Å². The average molecular weight is 217 g/mol. The maximum Gasteiger partial charge on any atom is 0.156 e. The Morgan fingerprint density at radius 1 is 1.50 bits per heavy atom. The molecular weight excluding hydrogens is 204 g/mol. The molecule has 1 aromatic rings. The topological polar surface area (TPSA) is 58.1 Å². The van der Waals surface area contributed by atoms with Crippen molar-refractivity contribution < 1.29 is 9.84 Å². The van der Waals surface area contributed by atoms with Gasteiger partial charge in [-0.1, -0.05) is 11.6 Å². The number of halogens is 1. The highest BCUT2D eigenvalue weighted by Gasteiger charge is 2.22. The molecule has 4 nitrogen and oxygen atoms in total. The fourth-order valence-corrected chi connectivity index (χ4v) is 2.03. The molecule has 0 bridgehead atoms. The number of ether oxygens (including phenoxy) is 1. The van der Waals surface area contributed by atoms with Crippen LogP contribution >= 0.6 is 11.6 Å². The van der Waals surface area contributed by atoms with E-state index >= 15 is 0 Å². The second-order valence-electron chi connectivity index (χ2n) is 3.45. The second-order valence-corrected chi connectivity index (χ2v) is 3.81. The zero-order chi connectivity index (χ0) is 9.97. The van der Waals surface area contributed by atoms with Gasteiger partial charge in [-0.3, -0.25) is 5.10 Å². The Morgan fingerprint density at radius 3 is 2.86 bits per heavy atom. The number of hydrogen-bond donors (Lipinski definition) is 2. The first kappa shape index (κ1) is 9.96. The van der Waals surface area contributed by atoms with Gasteiger partial charge in [0.25, 0.3) is 0 Å². The van der Waals surface area contributed by atoms with Crippen LogP contribution < -0.4 is 0 Å². The molecule has 0 amide bonds. The van der Waals surface area contributed by atoms with Crippen molar-refractivity contribution >= 4 is 11.6 Å². The molecule has 0 atom stereocenters. The Kier molecular flexibility index (Phi) is 3.05. The van der Waals surface area contributed by atoms with Crippen molar-refractivity contribution in [2.24, 2.45) is 0 Å². The molecule has 14 heavy (non-hydrogen) atoms. The van der Waals surface area contributed by atoms with E-state index in [2.05, 4.69) is 10.2 Å². The van der Waals surface area contributed by atoms with Crippen LogP contribution in [0.2, 0.25) is 5.15 Å². The largest absolute Gasteiger partial charge is 0.391 e. The van der Waals surface area contributed by atoms with Gasteiger partial charge in [-0.25, -0.2) is 0 Å². The summed E-state index contributed by atoms with van der Waals surface area (Å²) >= 11 is 5.83. The summed E-state index contributed by atoms with van der Waals surface area (Å²) in [5.41, 5.74) is 1.71. The molecule has 1 aliphatic heterocycles. The summed E-state index contributed by atoms with van der Waals surface area (Å²) in [4.78, 5) is 0. The lowest BCUT2D eigenvalue weighted by molar-refractivity contribution is 0.0840. The van der Waals surface area contributed by atoms with Crippen molar-refractivity contribution in [1.29, 1.82) is 0 Å². The van der Waals surface area contributed by atoms with Crippen molar-refractivity contribution in [3.63, 3.8) is 0 Å². The number of H-pyrrole nitrogens is 1. The highest BCUT2D eigenvalue weighted by atomic mass is 35.5. The minimum absolute atomic E-state index is 0.0535. The van der Waals surface area contributed by atoms with E-state index in [1.165, 1.54) is 0 Å². The maximum atomic E-state index is 9.14. The normalized spacial score (nSPS) is 18.7. The van der Waals surface area contributed by atoms with Gasteiger partial charge in [0.05, 0.1) is 6.61 Å². The smallest absolute Gasteiger partial charge is 0.156 e. The quantitative estimate of drug-likeness (QED) is 0.787. The number of aromatic amines is 1. The van der Waals surface area contributed by atoms with Crippen molar-refractivity contribution in [1.82, 2.24) is 10.2 Å². The van der Waals surface area contributed by atoms with Crippen LogP contribution in [0, 0.1) is 0 Å². The van der Waals surface area contributed by atoms with E-state index in [4.69, 9.17) is 21.4 Å². The molecule has 2 heterocycles. The Hall–Kier alpha value is -0.580. The number of aromatic nitrogens is 2. The molecule has 0 aliphatic carbocycles.